The van der Waals surface area contributed by atoms with Crippen molar-refractivity contribution in [2.75, 3.05) is 6.79 Å². The number of halogens is 1. The Morgan fingerprint density at radius 2 is 1.64 bits per heavy atom. The van der Waals surface area contributed by atoms with E-state index in [1.165, 1.54) is 6.92 Å². The quantitative estimate of drug-likeness (QED) is 0.538. The third-order valence-corrected chi connectivity index (χ3v) is 5.78. The number of hydrogen-bond acceptors (Lipinski definition) is 4. The van der Waals surface area contributed by atoms with Crippen molar-refractivity contribution in [3.8, 4) is 11.5 Å². The van der Waals surface area contributed by atoms with E-state index < -0.39 is 6.04 Å². The highest BCUT2D eigenvalue weighted by atomic mass is 35.5. The van der Waals surface area contributed by atoms with Crippen molar-refractivity contribution in [1.29, 1.82) is 0 Å². The first kappa shape index (κ1) is 22.7. The van der Waals surface area contributed by atoms with Gasteiger partial charge in [-0.05, 0) is 41.0 Å². The average Bonchev–Trinajstić information content (AvgIpc) is 3.29. The Hall–Kier alpha value is -3.51. The van der Waals surface area contributed by atoms with Crippen molar-refractivity contribution in [2.45, 2.75) is 32.5 Å². The van der Waals surface area contributed by atoms with Gasteiger partial charge in [0.2, 0.25) is 18.6 Å². The molecule has 2 amide bonds. The lowest BCUT2D eigenvalue weighted by atomic mass is 10.0. The Kier molecular flexibility index (Phi) is 7.15. The normalized spacial score (nSPS) is 12.8. The summed E-state index contributed by atoms with van der Waals surface area (Å²) in [4.78, 5) is 27.6. The molecule has 33 heavy (non-hydrogen) atoms. The van der Waals surface area contributed by atoms with Crippen LogP contribution in [0.5, 0.6) is 11.5 Å². The number of fused-ring (bicyclic) bond motifs is 1. The molecule has 1 aliphatic heterocycles. The van der Waals surface area contributed by atoms with E-state index in [2.05, 4.69) is 5.32 Å². The lowest BCUT2D eigenvalue weighted by Crippen LogP contribution is -2.49. The van der Waals surface area contributed by atoms with Crippen LogP contribution < -0.4 is 14.8 Å². The number of nitrogens with zero attached hydrogens (tertiary/aromatic N) is 1. The van der Waals surface area contributed by atoms with Gasteiger partial charge in [-0.1, -0.05) is 60.1 Å². The van der Waals surface area contributed by atoms with Gasteiger partial charge in [-0.3, -0.25) is 9.59 Å². The molecule has 4 rings (SSSR count). The second-order valence-electron chi connectivity index (χ2n) is 7.88. The van der Waals surface area contributed by atoms with Gasteiger partial charge >= 0.3 is 0 Å². The molecule has 6 nitrogen and oxygen atoms in total. The van der Waals surface area contributed by atoms with E-state index in [4.69, 9.17) is 21.1 Å². The van der Waals surface area contributed by atoms with Crippen LogP contribution in [0.25, 0.3) is 0 Å². The fourth-order valence-corrected chi connectivity index (χ4v) is 3.89. The van der Waals surface area contributed by atoms with Gasteiger partial charge in [-0.2, -0.15) is 0 Å². The van der Waals surface area contributed by atoms with Crippen molar-refractivity contribution >= 4 is 23.4 Å². The van der Waals surface area contributed by atoms with E-state index in [1.807, 2.05) is 60.7 Å². The summed E-state index contributed by atoms with van der Waals surface area (Å²) in [6.45, 7) is 2.30. The van der Waals surface area contributed by atoms with Crippen molar-refractivity contribution in [1.82, 2.24) is 10.2 Å². The molecule has 0 saturated carbocycles. The van der Waals surface area contributed by atoms with E-state index in [1.54, 1.807) is 17.0 Å². The van der Waals surface area contributed by atoms with Crippen LogP contribution in [0.1, 0.15) is 23.6 Å². The summed E-state index contributed by atoms with van der Waals surface area (Å²) in [5.41, 5.74) is 2.76. The summed E-state index contributed by atoms with van der Waals surface area (Å²) < 4.78 is 10.8. The summed E-state index contributed by atoms with van der Waals surface area (Å²) >= 11 is 6.00. The molecule has 1 aliphatic rings. The van der Waals surface area contributed by atoms with Crippen LogP contribution in [-0.2, 0) is 29.1 Å². The molecule has 0 aliphatic carbocycles. The number of amides is 2. The van der Waals surface area contributed by atoms with E-state index in [-0.39, 0.29) is 18.6 Å². The highest BCUT2D eigenvalue weighted by Gasteiger charge is 2.28. The molecule has 0 radical (unpaired) electrons. The molecule has 0 bridgehead atoms. The number of carbonyl (C=O) groups is 2. The van der Waals surface area contributed by atoms with Gasteiger partial charge < -0.3 is 19.7 Å². The number of rotatable bonds is 8. The van der Waals surface area contributed by atoms with E-state index in [0.29, 0.717) is 36.0 Å². The molecular weight excluding hydrogens is 440 g/mol. The first-order chi connectivity index (χ1) is 16.0. The smallest absolute Gasteiger partial charge is 0.243 e. The monoisotopic (exact) mass is 464 g/mol. The van der Waals surface area contributed by atoms with Gasteiger partial charge in [0.25, 0.3) is 0 Å². The summed E-state index contributed by atoms with van der Waals surface area (Å²) in [5.74, 6) is 0.957. The summed E-state index contributed by atoms with van der Waals surface area (Å²) in [7, 11) is 0. The zero-order valence-electron chi connectivity index (χ0n) is 18.3. The molecule has 0 aromatic heterocycles. The predicted octanol–water partition coefficient (Wildman–Crippen LogP) is 4.34. The molecule has 7 heteroatoms. The number of hydrogen-bond donors (Lipinski definition) is 1. The zero-order valence-corrected chi connectivity index (χ0v) is 19.0. The fraction of sp³-hybridized carbons (Fsp3) is 0.231. The highest BCUT2D eigenvalue weighted by molar-refractivity contribution is 6.30. The van der Waals surface area contributed by atoms with Crippen LogP contribution in [0, 0.1) is 0 Å². The third kappa shape index (κ3) is 5.84. The van der Waals surface area contributed by atoms with Gasteiger partial charge in [0.15, 0.2) is 11.5 Å². The first-order valence-corrected chi connectivity index (χ1v) is 11.1. The summed E-state index contributed by atoms with van der Waals surface area (Å²) in [6, 6.07) is 21.9. The summed E-state index contributed by atoms with van der Waals surface area (Å²) in [5, 5.41) is 3.61. The average molecular weight is 465 g/mol. The van der Waals surface area contributed by atoms with Crippen molar-refractivity contribution < 1.29 is 19.1 Å². The Morgan fingerprint density at radius 3 is 2.36 bits per heavy atom. The maximum absolute atomic E-state index is 13.4. The fourth-order valence-electron chi connectivity index (χ4n) is 3.77. The van der Waals surface area contributed by atoms with Crippen molar-refractivity contribution in [3.63, 3.8) is 0 Å². The van der Waals surface area contributed by atoms with Crippen LogP contribution >= 0.6 is 11.6 Å². The second-order valence-corrected chi connectivity index (χ2v) is 8.32. The molecule has 1 unspecified atom stereocenters. The highest BCUT2D eigenvalue weighted by Crippen LogP contribution is 2.32. The van der Waals surface area contributed by atoms with Gasteiger partial charge in [-0.15, -0.1) is 0 Å². The number of benzene rings is 3. The van der Waals surface area contributed by atoms with Crippen molar-refractivity contribution in [2.24, 2.45) is 0 Å². The Bertz CT molecular complexity index is 1120. The molecule has 0 saturated heterocycles. The molecule has 170 valence electrons. The van der Waals surface area contributed by atoms with Gasteiger partial charge in [-0.25, -0.2) is 0 Å². The Labute approximate surface area is 198 Å². The van der Waals surface area contributed by atoms with Gasteiger partial charge in [0, 0.05) is 31.5 Å². The predicted molar refractivity (Wildman–Crippen MR) is 126 cm³/mol. The molecule has 3 aromatic carbocycles. The molecule has 0 fully saturated rings. The summed E-state index contributed by atoms with van der Waals surface area (Å²) in [6.07, 6.45) is 0.404. The number of nitrogens with one attached hydrogen (secondary N) is 1. The molecule has 3 aromatic rings. The van der Waals surface area contributed by atoms with Gasteiger partial charge in [0.05, 0.1) is 0 Å². The van der Waals surface area contributed by atoms with Crippen LogP contribution in [0.15, 0.2) is 72.8 Å². The zero-order chi connectivity index (χ0) is 23.2. The van der Waals surface area contributed by atoms with Crippen LogP contribution in [0.3, 0.4) is 0 Å². The molecule has 0 spiro atoms. The molecule has 1 N–H and O–H groups in total. The topological polar surface area (TPSA) is 67.9 Å². The third-order valence-electron chi connectivity index (χ3n) is 5.53. The van der Waals surface area contributed by atoms with Crippen molar-refractivity contribution in [3.05, 3.63) is 94.5 Å². The minimum absolute atomic E-state index is 0.177. The minimum Gasteiger partial charge on any atom is -0.454 e. The van der Waals surface area contributed by atoms with Crippen LogP contribution in [-0.4, -0.2) is 29.5 Å². The molecule has 1 heterocycles. The largest absolute Gasteiger partial charge is 0.454 e. The van der Waals surface area contributed by atoms with E-state index in [0.717, 1.165) is 16.7 Å². The maximum Gasteiger partial charge on any atom is 0.243 e. The first-order valence-electron chi connectivity index (χ1n) is 10.7. The molecular formula is C26H25ClN2O4. The van der Waals surface area contributed by atoms with Crippen LogP contribution in [0.2, 0.25) is 5.02 Å². The molecule has 1 atom stereocenters. The Morgan fingerprint density at radius 1 is 0.939 bits per heavy atom. The number of carbonyl (C=O) groups excluding carboxylic acids is 2. The number of ether oxygens (including phenoxy) is 2. The maximum atomic E-state index is 13.4. The van der Waals surface area contributed by atoms with Gasteiger partial charge in [0.1, 0.15) is 6.04 Å². The Balaban J connectivity index is 1.53. The lowest BCUT2D eigenvalue weighted by Gasteiger charge is -2.30. The van der Waals surface area contributed by atoms with Crippen LogP contribution in [0.4, 0.5) is 0 Å². The lowest BCUT2D eigenvalue weighted by molar-refractivity contribution is -0.139. The van der Waals surface area contributed by atoms with E-state index >= 15 is 0 Å². The standard InChI is InChI=1S/C26H25ClN2O4/c1-18(30)29(16-20-7-10-22(27)11-8-20)23(13-19-5-3-2-4-6-19)26(31)28-15-21-9-12-24-25(14-21)33-17-32-24/h2-12,14,23H,13,15-17H2,1H3,(H,28,31). The SMILES string of the molecule is CC(=O)N(Cc1ccc(Cl)cc1)C(Cc1ccccc1)C(=O)NCc1ccc2c(c1)OCO2. The second kappa shape index (κ2) is 10.4. The minimum atomic E-state index is -0.672. The van der Waals surface area contributed by atoms with E-state index in [9.17, 15) is 9.59 Å².